The Hall–Kier alpha value is -2.42. The number of carbonyl (C=O) groups excluding carboxylic acids is 3. The van der Waals surface area contributed by atoms with Gasteiger partial charge in [-0.1, -0.05) is 43.6 Å². The maximum Gasteiger partial charge on any atom is 0.262 e. The number of nitrogens with zero attached hydrogens (tertiary/aromatic N) is 2. The SMILES string of the molecule is CC(C)C(NC(=O)c1cccs1)C(=O)N1CCN(CC(=O)Nc2ccccc2Cl)CC1. The second-order valence-electron chi connectivity index (χ2n) is 7.80. The molecule has 1 atom stereocenters. The summed E-state index contributed by atoms with van der Waals surface area (Å²) in [5, 5.41) is 8.03. The van der Waals surface area contributed by atoms with Crippen LogP contribution in [0.3, 0.4) is 0 Å². The summed E-state index contributed by atoms with van der Waals surface area (Å²) in [4.78, 5) is 42.2. The summed E-state index contributed by atoms with van der Waals surface area (Å²) in [5.74, 6) is -0.482. The van der Waals surface area contributed by atoms with Crippen molar-refractivity contribution in [3.63, 3.8) is 0 Å². The first kappa shape index (κ1) is 23.2. The molecule has 3 amide bonds. The van der Waals surface area contributed by atoms with E-state index in [4.69, 9.17) is 11.6 Å². The van der Waals surface area contributed by atoms with Crippen LogP contribution in [0.5, 0.6) is 0 Å². The van der Waals surface area contributed by atoms with Crippen LogP contribution in [0.15, 0.2) is 41.8 Å². The van der Waals surface area contributed by atoms with Crippen molar-refractivity contribution in [3.05, 3.63) is 51.7 Å². The van der Waals surface area contributed by atoms with E-state index in [1.807, 2.05) is 42.3 Å². The Labute approximate surface area is 191 Å². The summed E-state index contributed by atoms with van der Waals surface area (Å²) in [5.41, 5.74) is 0.587. The normalized spacial score (nSPS) is 15.5. The Balaban J connectivity index is 1.50. The predicted octanol–water partition coefficient (Wildman–Crippen LogP) is 2.94. The molecule has 9 heteroatoms. The van der Waals surface area contributed by atoms with Crippen molar-refractivity contribution >= 4 is 46.3 Å². The lowest BCUT2D eigenvalue weighted by molar-refractivity contribution is -0.136. The van der Waals surface area contributed by atoms with Gasteiger partial charge in [-0.25, -0.2) is 0 Å². The number of piperazine rings is 1. The van der Waals surface area contributed by atoms with Gasteiger partial charge in [0, 0.05) is 26.2 Å². The Morgan fingerprint density at radius 3 is 2.39 bits per heavy atom. The summed E-state index contributed by atoms with van der Waals surface area (Å²) in [6, 6.07) is 10.1. The molecule has 0 radical (unpaired) electrons. The standard InChI is InChI=1S/C22H27ClN4O3S/c1-15(2)20(25-21(29)18-8-5-13-31-18)22(30)27-11-9-26(10-12-27)14-19(28)24-17-7-4-3-6-16(17)23/h3-8,13,15,20H,9-12,14H2,1-2H3,(H,24,28)(H,25,29). The molecule has 31 heavy (non-hydrogen) atoms. The lowest BCUT2D eigenvalue weighted by Crippen LogP contribution is -2.57. The van der Waals surface area contributed by atoms with Crippen molar-refractivity contribution in [2.45, 2.75) is 19.9 Å². The highest BCUT2D eigenvalue weighted by Crippen LogP contribution is 2.20. The minimum Gasteiger partial charge on any atom is -0.339 e. The van der Waals surface area contributed by atoms with Gasteiger partial charge in [-0.15, -0.1) is 11.3 Å². The van der Waals surface area contributed by atoms with Gasteiger partial charge < -0.3 is 15.5 Å². The van der Waals surface area contributed by atoms with Gasteiger partial charge >= 0.3 is 0 Å². The average molecular weight is 463 g/mol. The second-order valence-corrected chi connectivity index (χ2v) is 9.16. The van der Waals surface area contributed by atoms with E-state index in [0.717, 1.165) is 0 Å². The molecule has 1 aromatic carbocycles. The molecule has 2 aromatic rings. The quantitative estimate of drug-likeness (QED) is 0.662. The van der Waals surface area contributed by atoms with Crippen molar-refractivity contribution in [1.29, 1.82) is 0 Å². The summed E-state index contributed by atoms with van der Waals surface area (Å²) in [6.07, 6.45) is 0. The molecule has 1 aliphatic rings. The second kappa shape index (κ2) is 10.7. The summed E-state index contributed by atoms with van der Waals surface area (Å²) in [7, 11) is 0. The molecule has 0 bridgehead atoms. The van der Waals surface area contributed by atoms with Crippen LogP contribution >= 0.6 is 22.9 Å². The van der Waals surface area contributed by atoms with Gasteiger partial charge in [-0.2, -0.15) is 0 Å². The molecule has 1 fully saturated rings. The third-order valence-electron chi connectivity index (χ3n) is 5.16. The van der Waals surface area contributed by atoms with Crippen LogP contribution in [-0.2, 0) is 9.59 Å². The Bertz CT molecular complexity index is 911. The fourth-order valence-electron chi connectivity index (χ4n) is 3.41. The minimum absolute atomic E-state index is 0.0316. The zero-order chi connectivity index (χ0) is 22.4. The van der Waals surface area contributed by atoms with E-state index in [9.17, 15) is 14.4 Å². The molecule has 3 rings (SSSR count). The van der Waals surface area contributed by atoms with E-state index in [1.54, 1.807) is 23.1 Å². The highest BCUT2D eigenvalue weighted by molar-refractivity contribution is 7.12. The van der Waals surface area contributed by atoms with E-state index in [2.05, 4.69) is 10.6 Å². The summed E-state index contributed by atoms with van der Waals surface area (Å²) < 4.78 is 0. The number of hydrogen-bond donors (Lipinski definition) is 2. The van der Waals surface area contributed by atoms with Crippen molar-refractivity contribution in [2.75, 3.05) is 38.0 Å². The van der Waals surface area contributed by atoms with E-state index in [-0.39, 0.29) is 30.2 Å². The first-order chi connectivity index (χ1) is 14.8. The fraction of sp³-hybridized carbons (Fsp3) is 0.409. The van der Waals surface area contributed by atoms with Gasteiger partial charge in [0.1, 0.15) is 6.04 Å². The number of anilines is 1. The number of amides is 3. The first-order valence-electron chi connectivity index (χ1n) is 10.2. The van der Waals surface area contributed by atoms with Gasteiger partial charge in [0.2, 0.25) is 11.8 Å². The highest BCUT2D eigenvalue weighted by atomic mass is 35.5. The highest BCUT2D eigenvalue weighted by Gasteiger charge is 2.31. The molecule has 2 N–H and O–H groups in total. The lowest BCUT2D eigenvalue weighted by atomic mass is 10.0. The third-order valence-corrected chi connectivity index (χ3v) is 6.36. The van der Waals surface area contributed by atoms with Crippen molar-refractivity contribution in [2.24, 2.45) is 5.92 Å². The largest absolute Gasteiger partial charge is 0.339 e. The summed E-state index contributed by atoms with van der Waals surface area (Å²) in [6.45, 7) is 6.28. The van der Waals surface area contributed by atoms with Crippen molar-refractivity contribution < 1.29 is 14.4 Å². The number of nitrogens with one attached hydrogen (secondary N) is 2. The predicted molar refractivity (Wildman–Crippen MR) is 124 cm³/mol. The van der Waals surface area contributed by atoms with Crippen LogP contribution in [0.1, 0.15) is 23.5 Å². The molecular formula is C22H27ClN4O3S. The van der Waals surface area contributed by atoms with Gasteiger partial charge in [0.05, 0.1) is 22.1 Å². The summed E-state index contributed by atoms with van der Waals surface area (Å²) >= 11 is 7.44. The topological polar surface area (TPSA) is 81.8 Å². The Morgan fingerprint density at radius 2 is 1.77 bits per heavy atom. The van der Waals surface area contributed by atoms with Gasteiger partial charge in [-0.3, -0.25) is 19.3 Å². The number of carbonyl (C=O) groups is 3. The fourth-order valence-corrected chi connectivity index (χ4v) is 4.22. The van der Waals surface area contributed by atoms with Crippen LogP contribution in [0, 0.1) is 5.92 Å². The maximum absolute atomic E-state index is 13.1. The van der Waals surface area contributed by atoms with Crippen molar-refractivity contribution in [1.82, 2.24) is 15.1 Å². The van der Waals surface area contributed by atoms with Crippen LogP contribution in [0.4, 0.5) is 5.69 Å². The minimum atomic E-state index is -0.579. The molecule has 0 aliphatic carbocycles. The van der Waals surface area contributed by atoms with Crippen molar-refractivity contribution in [3.8, 4) is 0 Å². The maximum atomic E-state index is 13.1. The average Bonchev–Trinajstić information content (AvgIpc) is 3.28. The third kappa shape index (κ3) is 6.29. The lowest BCUT2D eigenvalue weighted by Gasteiger charge is -2.37. The number of benzene rings is 1. The molecular weight excluding hydrogens is 436 g/mol. The van der Waals surface area contributed by atoms with Crippen LogP contribution < -0.4 is 10.6 Å². The molecule has 1 aliphatic heterocycles. The van der Waals surface area contributed by atoms with E-state index >= 15 is 0 Å². The van der Waals surface area contributed by atoms with E-state index < -0.39 is 6.04 Å². The van der Waals surface area contributed by atoms with E-state index in [1.165, 1.54) is 11.3 Å². The number of para-hydroxylation sites is 1. The number of hydrogen-bond acceptors (Lipinski definition) is 5. The van der Waals surface area contributed by atoms with Gasteiger partial charge in [0.25, 0.3) is 5.91 Å². The van der Waals surface area contributed by atoms with Gasteiger partial charge in [-0.05, 0) is 29.5 Å². The Kier molecular flexibility index (Phi) is 8.06. The number of thiophene rings is 1. The zero-order valence-corrected chi connectivity index (χ0v) is 19.2. The smallest absolute Gasteiger partial charge is 0.262 e. The van der Waals surface area contributed by atoms with E-state index in [0.29, 0.717) is 41.8 Å². The molecule has 1 saturated heterocycles. The molecule has 0 saturated carbocycles. The molecule has 1 unspecified atom stereocenters. The monoisotopic (exact) mass is 462 g/mol. The molecule has 1 aromatic heterocycles. The van der Waals surface area contributed by atoms with Crippen LogP contribution in [0.2, 0.25) is 5.02 Å². The molecule has 0 spiro atoms. The molecule has 2 heterocycles. The zero-order valence-electron chi connectivity index (χ0n) is 17.6. The molecule has 7 nitrogen and oxygen atoms in total. The van der Waals surface area contributed by atoms with Crippen LogP contribution in [0.25, 0.3) is 0 Å². The van der Waals surface area contributed by atoms with Gasteiger partial charge in [0.15, 0.2) is 0 Å². The first-order valence-corrected chi connectivity index (χ1v) is 11.5. The number of rotatable bonds is 7. The molecule has 166 valence electrons. The number of halogens is 1. The van der Waals surface area contributed by atoms with Crippen LogP contribution in [-0.4, -0.2) is 66.3 Å². The Morgan fingerprint density at radius 1 is 1.06 bits per heavy atom.